The minimum absolute atomic E-state index is 0. The van der Waals surface area contributed by atoms with E-state index in [1.807, 2.05) is 0 Å². The van der Waals surface area contributed by atoms with Crippen LogP contribution >= 0.6 is 16.5 Å². The molecule has 26 heavy (non-hydrogen) atoms. The predicted octanol–water partition coefficient (Wildman–Crippen LogP) is 6.09. The van der Waals surface area contributed by atoms with Crippen molar-refractivity contribution < 1.29 is 28.3 Å². The van der Waals surface area contributed by atoms with Crippen LogP contribution in [0, 0.1) is 0 Å². The molecule has 0 aliphatic rings. The first kappa shape index (κ1) is 33.5. The van der Waals surface area contributed by atoms with Gasteiger partial charge in [0.25, 0.3) is 0 Å². The normalized spacial score (nSPS) is 10.8. The molecule has 0 radical (unpaired) electrons. The van der Waals surface area contributed by atoms with Crippen LogP contribution in [-0.2, 0) is 13.4 Å². The average Bonchev–Trinajstić information content (AvgIpc) is 2.51. The van der Waals surface area contributed by atoms with Gasteiger partial charge in [0.1, 0.15) is 0 Å². The van der Waals surface area contributed by atoms with Gasteiger partial charge in [-0.25, -0.2) is 0 Å². The Morgan fingerprint density at radius 1 is 0.615 bits per heavy atom. The Hall–Kier alpha value is -0.0400. The molecule has 0 aromatic carbocycles. The topological polar surface area (TPSA) is 174 Å². The van der Waals surface area contributed by atoms with Crippen molar-refractivity contribution >= 4 is 16.5 Å². The summed E-state index contributed by atoms with van der Waals surface area (Å²) < 4.78 is 22.2. The number of aliphatic hydroxyl groups excluding tert-OH is 1. The summed E-state index contributed by atoms with van der Waals surface area (Å²) in [5.74, 6) is 0. The van der Waals surface area contributed by atoms with Crippen LogP contribution in [0.5, 0.6) is 0 Å². The van der Waals surface area contributed by atoms with Gasteiger partial charge in [0.05, 0.1) is 0 Å². The monoisotopic (exact) mass is 420 g/mol. The number of unbranched alkanes of at least 4 members (excludes halogenated alkanes) is 13. The van der Waals surface area contributed by atoms with Crippen molar-refractivity contribution in [1.82, 2.24) is 12.3 Å². The zero-order valence-corrected chi connectivity index (χ0v) is 18.3. The van der Waals surface area contributed by atoms with Crippen molar-refractivity contribution in [1.29, 1.82) is 0 Å². The van der Waals surface area contributed by atoms with Crippen LogP contribution in [0.3, 0.4) is 0 Å². The summed E-state index contributed by atoms with van der Waals surface area (Å²) in [7, 11) is -5.85. The molecule has 9 N–H and O–H groups in total. The molecule has 8 nitrogen and oxygen atoms in total. The predicted molar refractivity (Wildman–Crippen MR) is 108 cm³/mol. The van der Waals surface area contributed by atoms with Crippen LogP contribution in [-0.4, -0.2) is 21.5 Å². The first-order chi connectivity index (χ1) is 11.5. The summed E-state index contributed by atoms with van der Waals surface area (Å²) in [6.45, 7) is 2.65. The molecule has 0 heterocycles. The molecule has 0 rings (SSSR count). The lowest BCUT2D eigenvalue weighted by Crippen LogP contribution is -1.84. The number of rotatable bonds is 16. The molecule has 2 unspecified atom stereocenters. The second-order valence-corrected chi connectivity index (χ2v) is 7.48. The van der Waals surface area contributed by atoms with Crippen LogP contribution < -0.4 is 12.3 Å². The highest BCUT2D eigenvalue weighted by atomic mass is 31.2. The van der Waals surface area contributed by atoms with Gasteiger partial charge < -0.3 is 17.4 Å². The van der Waals surface area contributed by atoms with E-state index < -0.39 is 16.5 Å². The maximum Gasteiger partial charge on any atom is 0.745 e. The van der Waals surface area contributed by atoms with Gasteiger partial charge in [0, 0.05) is 15.7 Å². The molecule has 2 atom stereocenters. The van der Waals surface area contributed by atoms with Gasteiger partial charge in [0.15, 0.2) is 4.31 Å². The standard InChI is InChI=1S/C16H34O.2H3N.O5P2/c1-2-3-4-5-6-7-8-9-10-11-12-13-14-15-16-17;;;1-6(2)5-7(3)4/h17H,2-16H2,1H3;2*1H3;/p+2. The largest absolute Gasteiger partial charge is 0.745 e. The van der Waals surface area contributed by atoms with Crippen LogP contribution in [0.2, 0.25) is 0 Å². The third kappa shape index (κ3) is 39.2. The molecule has 0 amide bonds. The summed E-state index contributed by atoms with van der Waals surface area (Å²) >= 11 is 0. The Bertz CT molecular complexity index is 274. The molecule has 0 aromatic rings. The molecule has 0 spiro atoms. The minimum Gasteiger partial charge on any atom is -0.396 e. The molecule has 0 bridgehead atoms. The molecule has 0 aliphatic heterocycles. The van der Waals surface area contributed by atoms with E-state index in [1.165, 1.54) is 83.5 Å². The van der Waals surface area contributed by atoms with Gasteiger partial charge in [-0.3, -0.25) is 0 Å². The molecule has 0 saturated heterocycles. The maximum atomic E-state index is 9.39. The second-order valence-electron chi connectivity index (χ2n) is 5.88. The highest BCUT2D eigenvalue weighted by molar-refractivity contribution is 7.46. The van der Waals surface area contributed by atoms with Gasteiger partial charge in [-0.2, -0.15) is 0 Å². The van der Waals surface area contributed by atoms with Crippen molar-refractivity contribution in [3.05, 3.63) is 0 Å². The Kier molecular flexibility index (Phi) is 38.3. The van der Waals surface area contributed by atoms with Crippen molar-refractivity contribution in [2.45, 2.75) is 96.8 Å². The lowest BCUT2D eigenvalue weighted by atomic mass is 10.0. The average molecular weight is 420 g/mol. The lowest BCUT2D eigenvalue weighted by Gasteiger charge is -2.02. The van der Waals surface area contributed by atoms with Crippen molar-refractivity contribution in [3.63, 3.8) is 0 Å². The molecule has 10 heteroatoms. The minimum atomic E-state index is -2.92. The van der Waals surface area contributed by atoms with Gasteiger partial charge in [-0.15, -0.1) is 9.79 Å². The molecule has 0 saturated carbocycles. The fourth-order valence-corrected chi connectivity index (χ4v) is 2.84. The van der Waals surface area contributed by atoms with E-state index in [4.69, 9.17) is 14.9 Å². The van der Waals surface area contributed by atoms with E-state index in [0.717, 1.165) is 6.42 Å². The first-order valence-electron chi connectivity index (χ1n) is 9.15. The van der Waals surface area contributed by atoms with E-state index >= 15 is 0 Å². The van der Waals surface area contributed by atoms with Crippen LogP contribution in [0.15, 0.2) is 0 Å². The van der Waals surface area contributed by atoms with Gasteiger partial charge in [-0.05, 0) is 6.42 Å². The van der Waals surface area contributed by atoms with E-state index in [9.17, 15) is 9.13 Å². The summed E-state index contributed by atoms with van der Waals surface area (Å²) in [4.78, 5) is 15.3. The van der Waals surface area contributed by atoms with Crippen molar-refractivity contribution in [2.24, 2.45) is 0 Å². The van der Waals surface area contributed by atoms with Crippen molar-refractivity contribution in [2.75, 3.05) is 6.61 Å². The third-order valence-electron chi connectivity index (χ3n) is 3.65. The third-order valence-corrected chi connectivity index (χ3v) is 4.77. The summed E-state index contributed by atoms with van der Waals surface area (Å²) in [5.41, 5.74) is 0. The molecular formula is C16H42N2O6P2+2. The molecule has 0 fully saturated rings. The highest BCUT2D eigenvalue weighted by Gasteiger charge is 2.31. The zero-order chi connectivity index (χ0) is 18.5. The van der Waals surface area contributed by atoms with E-state index in [2.05, 4.69) is 11.2 Å². The fraction of sp³-hybridized carbons (Fsp3) is 1.00. The Balaban J connectivity index is -0.000000230. The smallest absolute Gasteiger partial charge is 0.396 e. The van der Waals surface area contributed by atoms with E-state index in [0.29, 0.717) is 6.61 Å². The van der Waals surface area contributed by atoms with Crippen LogP contribution in [0.1, 0.15) is 96.8 Å². The van der Waals surface area contributed by atoms with Gasteiger partial charge in [-0.1, -0.05) is 90.4 Å². The maximum absolute atomic E-state index is 9.39. The molecule has 160 valence electrons. The lowest BCUT2D eigenvalue weighted by molar-refractivity contribution is 0.282. The molecule has 0 aliphatic carbocycles. The molecule has 0 aromatic heterocycles. The van der Waals surface area contributed by atoms with Crippen LogP contribution in [0.4, 0.5) is 0 Å². The van der Waals surface area contributed by atoms with E-state index in [1.54, 1.807) is 0 Å². The second kappa shape index (κ2) is 29.7. The Morgan fingerprint density at radius 3 is 1.08 bits per heavy atom. The highest BCUT2D eigenvalue weighted by Crippen LogP contribution is 2.30. The summed E-state index contributed by atoms with van der Waals surface area (Å²) in [6, 6.07) is 0. The van der Waals surface area contributed by atoms with Crippen LogP contribution in [0.25, 0.3) is 0 Å². The zero-order valence-electron chi connectivity index (χ0n) is 16.5. The SMILES string of the molecule is CCCCCCCCCCCCCCCCO.N.N.O=[P+](O)O[P+](=O)O. The van der Waals surface area contributed by atoms with E-state index in [-0.39, 0.29) is 12.3 Å². The Morgan fingerprint density at radius 2 is 0.885 bits per heavy atom. The van der Waals surface area contributed by atoms with Crippen molar-refractivity contribution in [3.8, 4) is 0 Å². The fourth-order valence-electron chi connectivity index (χ4n) is 2.37. The summed E-state index contributed by atoms with van der Waals surface area (Å²) in [5, 5.41) is 8.64. The van der Waals surface area contributed by atoms with Gasteiger partial charge in [0.2, 0.25) is 0 Å². The number of aliphatic hydroxyl groups is 1. The summed E-state index contributed by atoms with van der Waals surface area (Å²) in [6.07, 6.45) is 19.2. The molecular weight excluding hydrogens is 378 g/mol. The first-order valence-corrected chi connectivity index (χ1v) is 11.4. The quantitative estimate of drug-likeness (QED) is 0.147. The Labute approximate surface area is 161 Å². The van der Waals surface area contributed by atoms with Gasteiger partial charge >= 0.3 is 16.5 Å². The number of hydrogen-bond donors (Lipinski definition) is 5. The number of hydrogen-bond acceptors (Lipinski definition) is 6.